The lowest BCUT2D eigenvalue weighted by Crippen LogP contribution is -2.20. The van der Waals surface area contributed by atoms with Crippen LogP contribution in [0.4, 0.5) is 0 Å². The van der Waals surface area contributed by atoms with Crippen molar-refractivity contribution in [3.05, 3.63) is 107 Å². The highest BCUT2D eigenvalue weighted by molar-refractivity contribution is 6.03. The third-order valence-electron chi connectivity index (χ3n) is 7.86. The van der Waals surface area contributed by atoms with Crippen molar-refractivity contribution < 1.29 is 33.2 Å². The molecule has 0 amide bonds. The van der Waals surface area contributed by atoms with Crippen LogP contribution >= 0.6 is 0 Å². The zero-order valence-electron chi connectivity index (χ0n) is 24.1. The Labute approximate surface area is 240 Å². The summed E-state index contributed by atoms with van der Waals surface area (Å²) in [5, 5.41) is 0. The smallest absolute Gasteiger partial charge is 0.170 e. The Hall–Kier alpha value is -4.65. The number of rotatable bonds is 10. The molecule has 7 nitrogen and oxygen atoms in total. The molecule has 0 radical (unpaired) electrons. The molecule has 5 rings (SSSR count). The molecule has 0 heterocycles. The molecule has 7 heteroatoms. The second-order valence-electron chi connectivity index (χ2n) is 9.83. The number of benzene rings is 4. The average molecular weight is 555 g/mol. The van der Waals surface area contributed by atoms with Crippen molar-refractivity contribution >= 4 is 5.78 Å². The molecule has 4 aromatic rings. The number of methoxy groups -OCH3 is 6. The van der Waals surface area contributed by atoms with E-state index in [2.05, 4.69) is 0 Å². The summed E-state index contributed by atoms with van der Waals surface area (Å²) >= 11 is 0. The average Bonchev–Trinajstić information content (AvgIpc) is 3.38. The molecule has 0 spiro atoms. The maximum atomic E-state index is 14.6. The first kappa shape index (κ1) is 27.9. The van der Waals surface area contributed by atoms with Gasteiger partial charge in [0.05, 0.1) is 48.6 Å². The Kier molecular flexibility index (Phi) is 8.06. The van der Waals surface area contributed by atoms with Crippen molar-refractivity contribution in [3.8, 4) is 34.5 Å². The van der Waals surface area contributed by atoms with Gasteiger partial charge in [-0.25, -0.2) is 0 Å². The molecule has 1 aliphatic rings. The number of Topliss-reactive ketones (excluding diaryl/α,β-unsaturated/α-hetero) is 1. The van der Waals surface area contributed by atoms with Gasteiger partial charge in [0.1, 0.15) is 34.5 Å². The van der Waals surface area contributed by atoms with Crippen LogP contribution in [0, 0.1) is 0 Å². The molecule has 0 saturated heterocycles. The zero-order chi connectivity index (χ0) is 29.1. The molecule has 41 heavy (non-hydrogen) atoms. The molecule has 0 saturated carbocycles. The van der Waals surface area contributed by atoms with E-state index in [-0.39, 0.29) is 17.6 Å². The Morgan fingerprint density at radius 2 is 1.05 bits per heavy atom. The van der Waals surface area contributed by atoms with Gasteiger partial charge in [-0.05, 0) is 71.3 Å². The number of ketones is 1. The van der Waals surface area contributed by atoms with Crippen LogP contribution in [-0.2, 0) is 0 Å². The Bertz CT molecular complexity index is 1500. The third kappa shape index (κ3) is 5.15. The van der Waals surface area contributed by atoms with Crippen molar-refractivity contribution in [2.24, 2.45) is 0 Å². The molecule has 4 aromatic carbocycles. The lowest BCUT2D eigenvalue weighted by molar-refractivity contribution is 0.0949. The highest BCUT2D eigenvalue weighted by Crippen LogP contribution is 2.59. The van der Waals surface area contributed by atoms with E-state index in [1.165, 1.54) is 0 Å². The van der Waals surface area contributed by atoms with Crippen molar-refractivity contribution in [1.29, 1.82) is 0 Å². The van der Waals surface area contributed by atoms with Crippen LogP contribution in [0.1, 0.15) is 50.4 Å². The summed E-state index contributed by atoms with van der Waals surface area (Å²) in [6.07, 6.45) is 0. The van der Waals surface area contributed by atoms with Crippen molar-refractivity contribution in [3.63, 3.8) is 0 Å². The first-order valence-electron chi connectivity index (χ1n) is 13.3. The van der Waals surface area contributed by atoms with Crippen LogP contribution in [0.25, 0.3) is 0 Å². The van der Waals surface area contributed by atoms with E-state index in [0.717, 1.165) is 28.0 Å². The number of hydrogen-bond acceptors (Lipinski definition) is 7. The highest BCUT2D eigenvalue weighted by atomic mass is 16.5. The minimum atomic E-state index is -0.564. The molecular weight excluding hydrogens is 520 g/mol. The summed E-state index contributed by atoms with van der Waals surface area (Å²) in [6, 6.07) is 24.8. The Morgan fingerprint density at radius 3 is 1.56 bits per heavy atom. The molecule has 0 bridgehead atoms. The Morgan fingerprint density at radius 1 is 0.537 bits per heavy atom. The van der Waals surface area contributed by atoms with Gasteiger partial charge in [-0.1, -0.05) is 12.1 Å². The Balaban J connectivity index is 1.81. The van der Waals surface area contributed by atoms with Gasteiger partial charge >= 0.3 is 0 Å². The minimum absolute atomic E-state index is 0.0213. The van der Waals surface area contributed by atoms with Crippen LogP contribution < -0.4 is 28.4 Å². The van der Waals surface area contributed by atoms with E-state index in [1.54, 1.807) is 54.8 Å². The first-order valence-corrected chi connectivity index (χ1v) is 13.3. The lowest BCUT2D eigenvalue weighted by atomic mass is 9.75. The molecule has 1 aliphatic carbocycles. The molecular formula is C34H34O7. The van der Waals surface area contributed by atoms with E-state index in [1.807, 2.05) is 66.7 Å². The third-order valence-corrected chi connectivity index (χ3v) is 7.86. The SMILES string of the molecule is COc1ccc(C(=O)[C@@H]2c3cc(OC)cc(OC)c3[C@@H](c3ccc(OC)cc3)[C@@H]2c2cc(OC)cc(OC)c2)cc1. The topological polar surface area (TPSA) is 72.5 Å². The summed E-state index contributed by atoms with van der Waals surface area (Å²) in [5.74, 6) is 2.85. The second-order valence-corrected chi connectivity index (χ2v) is 9.83. The molecule has 0 fully saturated rings. The van der Waals surface area contributed by atoms with Gasteiger partial charge < -0.3 is 28.4 Å². The van der Waals surface area contributed by atoms with Crippen LogP contribution in [0.5, 0.6) is 34.5 Å². The summed E-state index contributed by atoms with van der Waals surface area (Å²) < 4.78 is 33.7. The molecule has 0 N–H and O–H groups in total. The second kappa shape index (κ2) is 11.8. The van der Waals surface area contributed by atoms with Crippen molar-refractivity contribution in [1.82, 2.24) is 0 Å². The standard InChI is InChI=1S/C34H34O7/c1-36-23-11-7-20(8-12-23)30-31(22-15-25(38-3)17-26(16-22)39-4)33(34(35)21-9-13-24(37-2)14-10-21)28-18-27(40-5)19-29(41-6)32(28)30/h7-19,30-31,33H,1-6H3/t30-,31-,33+/m0/s1. The number of fused-ring (bicyclic) bond motifs is 1. The molecule has 0 aliphatic heterocycles. The first-order chi connectivity index (χ1) is 20.0. The fourth-order valence-corrected chi connectivity index (χ4v) is 5.90. The highest BCUT2D eigenvalue weighted by Gasteiger charge is 2.48. The molecule has 0 unspecified atom stereocenters. The van der Waals surface area contributed by atoms with Gasteiger partial charge in [0.15, 0.2) is 5.78 Å². The molecule has 3 atom stereocenters. The van der Waals surface area contributed by atoms with Crippen molar-refractivity contribution in [2.45, 2.75) is 17.8 Å². The van der Waals surface area contributed by atoms with Gasteiger partial charge in [0.25, 0.3) is 0 Å². The van der Waals surface area contributed by atoms with Gasteiger partial charge in [0.2, 0.25) is 0 Å². The van der Waals surface area contributed by atoms with E-state index < -0.39 is 5.92 Å². The van der Waals surface area contributed by atoms with Crippen molar-refractivity contribution in [2.75, 3.05) is 42.7 Å². The van der Waals surface area contributed by atoms with Crippen LogP contribution in [0.3, 0.4) is 0 Å². The molecule has 212 valence electrons. The summed E-state index contributed by atoms with van der Waals surface area (Å²) in [7, 11) is 9.75. The maximum Gasteiger partial charge on any atom is 0.170 e. The van der Waals surface area contributed by atoms with Gasteiger partial charge in [-0.3, -0.25) is 4.79 Å². The van der Waals surface area contributed by atoms with Gasteiger partial charge in [-0.15, -0.1) is 0 Å². The summed E-state index contributed by atoms with van der Waals surface area (Å²) in [4.78, 5) is 14.6. The fraction of sp³-hybridized carbons (Fsp3) is 0.265. The number of ether oxygens (including phenoxy) is 6. The number of carbonyl (C=O) groups excluding carboxylic acids is 1. The van der Waals surface area contributed by atoms with E-state index >= 15 is 0 Å². The summed E-state index contributed by atoms with van der Waals surface area (Å²) in [5.41, 5.74) is 4.31. The predicted octanol–water partition coefficient (Wildman–Crippen LogP) is 6.63. The lowest BCUT2D eigenvalue weighted by Gasteiger charge is -2.27. The maximum absolute atomic E-state index is 14.6. The van der Waals surface area contributed by atoms with Crippen LogP contribution in [0.2, 0.25) is 0 Å². The predicted molar refractivity (Wildman–Crippen MR) is 157 cm³/mol. The van der Waals surface area contributed by atoms with E-state index in [0.29, 0.717) is 34.3 Å². The van der Waals surface area contributed by atoms with Gasteiger partial charge in [0, 0.05) is 35.1 Å². The molecule has 0 aromatic heterocycles. The minimum Gasteiger partial charge on any atom is -0.497 e. The van der Waals surface area contributed by atoms with E-state index in [4.69, 9.17) is 28.4 Å². The van der Waals surface area contributed by atoms with E-state index in [9.17, 15) is 4.79 Å². The number of carbonyl (C=O) groups is 1. The number of hydrogen-bond donors (Lipinski definition) is 0. The van der Waals surface area contributed by atoms with Crippen LogP contribution in [-0.4, -0.2) is 48.4 Å². The van der Waals surface area contributed by atoms with Crippen LogP contribution in [0.15, 0.2) is 78.9 Å². The largest absolute Gasteiger partial charge is 0.497 e. The monoisotopic (exact) mass is 554 g/mol. The zero-order valence-corrected chi connectivity index (χ0v) is 24.1. The quantitative estimate of drug-likeness (QED) is 0.204. The summed E-state index contributed by atoms with van der Waals surface area (Å²) in [6.45, 7) is 0. The fourth-order valence-electron chi connectivity index (χ4n) is 5.90. The van der Waals surface area contributed by atoms with Gasteiger partial charge in [-0.2, -0.15) is 0 Å². The normalized spacial score (nSPS) is 17.4.